The monoisotopic (exact) mass is 302 g/mol. The number of benzene rings is 1. The van der Waals surface area contributed by atoms with Gasteiger partial charge in [0.05, 0.1) is 19.0 Å². The smallest absolute Gasteiger partial charge is 0.247 e. The third kappa shape index (κ3) is 3.58. The molecule has 0 aliphatic carbocycles. The maximum absolute atomic E-state index is 12.3. The summed E-state index contributed by atoms with van der Waals surface area (Å²) in [6.45, 7) is 5.83. The van der Waals surface area contributed by atoms with Gasteiger partial charge in [-0.15, -0.1) is 0 Å². The van der Waals surface area contributed by atoms with Crippen molar-refractivity contribution in [3.05, 3.63) is 36.5 Å². The van der Waals surface area contributed by atoms with Gasteiger partial charge in [0.1, 0.15) is 17.6 Å². The second-order valence-corrected chi connectivity index (χ2v) is 5.31. The molecular weight excluding hydrogens is 280 g/mol. The number of methoxy groups -OCH3 is 1. The Morgan fingerprint density at radius 1 is 1.23 bits per heavy atom. The first kappa shape index (κ1) is 15.9. The highest BCUT2D eigenvalue weighted by Gasteiger charge is 2.16. The number of hydrogen-bond donors (Lipinski definition) is 2. The van der Waals surface area contributed by atoms with Gasteiger partial charge in [0.2, 0.25) is 5.91 Å². The molecule has 1 aromatic carbocycles. The molecule has 2 rings (SSSR count). The van der Waals surface area contributed by atoms with E-state index in [0.717, 1.165) is 5.69 Å². The van der Waals surface area contributed by atoms with Gasteiger partial charge in [0.25, 0.3) is 0 Å². The number of nitrogens with one attached hydrogen (secondary N) is 2. The summed E-state index contributed by atoms with van der Waals surface area (Å²) in [7, 11) is 1.60. The molecule has 0 unspecified atom stereocenters. The van der Waals surface area contributed by atoms with Crippen LogP contribution in [0, 0.1) is 0 Å². The van der Waals surface area contributed by atoms with E-state index >= 15 is 0 Å². The van der Waals surface area contributed by atoms with Crippen molar-refractivity contribution < 1.29 is 9.53 Å². The SMILES string of the molecule is COc1ccccc1N[C@H](C)C(=O)Nc1ccnn1C(C)C. The van der Waals surface area contributed by atoms with Gasteiger partial charge in [-0.2, -0.15) is 5.10 Å². The molecule has 1 aromatic heterocycles. The van der Waals surface area contributed by atoms with Gasteiger partial charge in [0.15, 0.2) is 0 Å². The Balaban J connectivity index is 2.05. The van der Waals surface area contributed by atoms with Crippen molar-refractivity contribution in [2.75, 3.05) is 17.7 Å². The van der Waals surface area contributed by atoms with Gasteiger partial charge in [0, 0.05) is 12.1 Å². The van der Waals surface area contributed by atoms with Crippen LogP contribution in [0.4, 0.5) is 11.5 Å². The first-order chi connectivity index (χ1) is 10.5. The highest BCUT2D eigenvalue weighted by atomic mass is 16.5. The molecule has 6 nitrogen and oxygen atoms in total. The molecule has 0 aliphatic rings. The molecule has 0 saturated heterocycles. The van der Waals surface area contributed by atoms with Crippen LogP contribution in [0.1, 0.15) is 26.8 Å². The van der Waals surface area contributed by atoms with Crippen LogP contribution >= 0.6 is 0 Å². The van der Waals surface area contributed by atoms with E-state index in [1.54, 1.807) is 31.0 Å². The number of anilines is 2. The molecule has 2 aromatic rings. The highest BCUT2D eigenvalue weighted by molar-refractivity contribution is 5.95. The van der Waals surface area contributed by atoms with E-state index < -0.39 is 6.04 Å². The van der Waals surface area contributed by atoms with Crippen LogP contribution in [0.15, 0.2) is 36.5 Å². The molecule has 6 heteroatoms. The lowest BCUT2D eigenvalue weighted by molar-refractivity contribution is -0.116. The minimum atomic E-state index is -0.410. The molecule has 0 radical (unpaired) electrons. The van der Waals surface area contributed by atoms with Crippen LogP contribution < -0.4 is 15.4 Å². The first-order valence-electron chi connectivity index (χ1n) is 7.27. The van der Waals surface area contributed by atoms with Crippen LogP contribution in [0.5, 0.6) is 5.75 Å². The summed E-state index contributed by atoms with van der Waals surface area (Å²) in [6, 6.07) is 9.06. The van der Waals surface area contributed by atoms with Crippen LogP contribution in [0.3, 0.4) is 0 Å². The Labute approximate surface area is 130 Å². The second-order valence-electron chi connectivity index (χ2n) is 5.31. The van der Waals surface area contributed by atoms with E-state index in [9.17, 15) is 4.79 Å². The van der Waals surface area contributed by atoms with Crippen LogP contribution in [-0.4, -0.2) is 28.8 Å². The van der Waals surface area contributed by atoms with Crippen molar-refractivity contribution >= 4 is 17.4 Å². The predicted octanol–water partition coefficient (Wildman–Crippen LogP) is 2.91. The van der Waals surface area contributed by atoms with Gasteiger partial charge in [-0.05, 0) is 32.9 Å². The quantitative estimate of drug-likeness (QED) is 0.861. The predicted molar refractivity (Wildman–Crippen MR) is 87.3 cm³/mol. The average molecular weight is 302 g/mol. The number of para-hydroxylation sites is 2. The second kappa shape index (κ2) is 6.98. The number of nitrogens with zero attached hydrogens (tertiary/aromatic N) is 2. The lowest BCUT2D eigenvalue weighted by Gasteiger charge is -2.18. The third-order valence-electron chi connectivity index (χ3n) is 3.28. The zero-order valence-corrected chi connectivity index (χ0v) is 13.3. The Morgan fingerprint density at radius 2 is 1.95 bits per heavy atom. The summed E-state index contributed by atoms with van der Waals surface area (Å²) in [5, 5.41) is 10.2. The maximum atomic E-state index is 12.3. The molecular formula is C16H22N4O2. The van der Waals surface area contributed by atoms with E-state index in [2.05, 4.69) is 15.7 Å². The van der Waals surface area contributed by atoms with Crippen LogP contribution in [-0.2, 0) is 4.79 Å². The Kier molecular flexibility index (Phi) is 5.04. The summed E-state index contributed by atoms with van der Waals surface area (Å²) in [5.74, 6) is 1.26. The molecule has 2 N–H and O–H groups in total. The lowest BCUT2D eigenvalue weighted by Crippen LogP contribution is -2.32. The topological polar surface area (TPSA) is 68.2 Å². The van der Waals surface area contributed by atoms with E-state index in [1.807, 2.05) is 38.1 Å². The fourth-order valence-electron chi connectivity index (χ4n) is 2.12. The van der Waals surface area contributed by atoms with Gasteiger partial charge in [-0.3, -0.25) is 4.79 Å². The fourth-order valence-corrected chi connectivity index (χ4v) is 2.12. The Morgan fingerprint density at radius 3 is 2.64 bits per heavy atom. The molecule has 1 amide bonds. The number of hydrogen-bond acceptors (Lipinski definition) is 4. The zero-order chi connectivity index (χ0) is 16.1. The Hall–Kier alpha value is -2.50. The minimum Gasteiger partial charge on any atom is -0.495 e. The van der Waals surface area contributed by atoms with Crippen molar-refractivity contribution in [2.45, 2.75) is 32.9 Å². The van der Waals surface area contributed by atoms with Crippen molar-refractivity contribution in [3.8, 4) is 5.75 Å². The fraction of sp³-hybridized carbons (Fsp3) is 0.375. The van der Waals surface area contributed by atoms with E-state index in [0.29, 0.717) is 11.6 Å². The summed E-state index contributed by atoms with van der Waals surface area (Å²) in [5.41, 5.74) is 0.782. The number of amides is 1. The highest BCUT2D eigenvalue weighted by Crippen LogP contribution is 2.24. The molecule has 22 heavy (non-hydrogen) atoms. The summed E-state index contributed by atoms with van der Waals surface area (Å²) >= 11 is 0. The van der Waals surface area contributed by atoms with Crippen molar-refractivity contribution in [3.63, 3.8) is 0 Å². The lowest BCUT2D eigenvalue weighted by atomic mass is 10.2. The van der Waals surface area contributed by atoms with Gasteiger partial charge >= 0.3 is 0 Å². The number of carbonyl (C=O) groups excluding carboxylic acids is 1. The largest absolute Gasteiger partial charge is 0.495 e. The van der Waals surface area contributed by atoms with Gasteiger partial charge in [-0.1, -0.05) is 12.1 Å². The van der Waals surface area contributed by atoms with E-state index in [-0.39, 0.29) is 11.9 Å². The molecule has 0 bridgehead atoms. The van der Waals surface area contributed by atoms with E-state index in [1.165, 1.54) is 0 Å². The van der Waals surface area contributed by atoms with Crippen molar-refractivity contribution in [1.29, 1.82) is 0 Å². The number of aromatic nitrogens is 2. The van der Waals surface area contributed by atoms with Gasteiger partial charge in [-0.25, -0.2) is 4.68 Å². The molecule has 0 saturated carbocycles. The average Bonchev–Trinajstić information content (AvgIpc) is 2.96. The molecule has 118 valence electrons. The molecule has 0 aliphatic heterocycles. The number of rotatable bonds is 6. The minimum absolute atomic E-state index is 0.131. The third-order valence-corrected chi connectivity index (χ3v) is 3.28. The number of carbonyl (C=O) groups is 1. The van der Waals surface area contributed by atoms with Crippen LogP contribution in [0.2, 0.25) is 0 Å². The molecule has 0 spiro atoms. The van der Waals surface area contributed by atoms with E-state index in [4.69, 9.17) is 4.74 Å². The first-order valence-corrected chi connectivity index (χ1v) is 7.27. The van der Waals surface area contributed by atoms with Crippen LogP contribution in [0.25, 0.3) is 0 Å². The summed E-state index contributed by atoms with van der Waals surface area (Å²) in [4.78, 5) is 12.3. The molecule has 1 atom stereocenters. The maximum Gasteiger partial charge on any atom is 0.247 e. The normalized spacial score (nSPS) is 12.0. The van der Waals surface area contributed by atoms with Crippen molar-refractivity contribution in [1.82, 2.24) is 9.78 Å². The van der Waals surface area contributed by atoms with Gasteiger partial charge < -0.3 is 15.4 Å². The standard InChI is InChI=1S/C16H22N4O2/c1-11(2)20-15(9-10-17-20)19-16(21)12(3)18-13-7-5-6-8-14(13)22-4/h5-12,18H,1-4H3,(H,19,21)/t12-/m1/s1. The molecule has 1 heterocycles. The molecule has 0 fully saturated rings. The number of ether oxygens (including phenoxy) is 1. The summed E-state index contributed by atoms with van der Waals surface area (Å²) < 4.78 is 7.05. The Bertz CT molecular complexity index is 637. The zero-order valence-electron chi connectivity index (χ0n) is 13.3. The summed E-state index contributed by atoms with van der Waals surface area (Å²) in [6.07, 6.45) is 1.67. The van der Waals surface area contributed by atoms with Crippen molar-refractivity contribution in [2.24, 2.45) is 0 Å².